The van der Waals surface area contributed by atoms with E-state index in [9.17, 15) is 10.0 Å². The van der Waals surface area contributed by atoms with Crippen LogP contribution in [0.4, 0.5) is 0 Å². The third kappa shape index (κ3) is 3.04. The molecule has 0 radical (unpaired) electrons. The van der Waals surface area contributed by atoms with Gasteiger partial charge in [0, 0.05) is 17.5 Å². The van der Waals surface area contributed by atoms with Gasteiger partial charge in [0.2, 0.25) is 0 Å². The highest BCUT2D eigenvalue weighted by Crippen LogP contribution is 2.24. The summed E-state index contributed by atoms with van der Waals surface area (Å²) in [5.74, 6) is 0. The largest absolute Gasteiger partial charge is 0.425 e. The number of hydrogen-bond acceptors (Lipinski definition) is 2. The van der Waals surface area contributed by atoms with Gasteiger partial charge in [-0.2, -0.15) is 4.73 Å². The van der Waals surface area contributed by atoms with Gasteiger partial charge in [0.1, 0.15) is 0 Å². The maximum Gasteiger partial charge on any atom is 0.286 e. The molecule has 0 fully saturated rings. The van der Waals surface area contributed by atoms with Gasteiger partial charge in [-0.3, -0.25) is 4.79 Å². The number of pyridine rings is 1. The first-order valence-corrected chi connectivity index (χ1v) is 8.19. The molecule has 4 rings (SSSR count). The summed E-state index contributed by atoms with van der Waals surface area (Å²) in [7, 11) is 0. The Morgan fingerprint density at radius 1 is 0.760 bits per heavy atom. The molecular formula is C22H17NO2. The van der Waals surface area contributed by atoms with Crippen LogP contribution >= 0.6 is 0 Å². The van der Waals surface area contributed by atoms with E-state index >= 15 is 0 Å². The molecule has 0 aliphatic rings. The summed E-state index contributed by atoms with van der Waals surface area (Å²) >= 11 is 0. The molecule has 3 heteroatoms. The predicted molar refractivity (Wildman–Crippen MR) is 100 cm³/mol. The number of benzene rings is 3. The fourth-order valence-electron chi connectivity index (χ4n) is 3.09. The minimum absolute atomic E-state index is 0.381. The highest BCUT2D eigenvalue weighted by atomic mass is 16.5. The standard InChI is InChI=1S/C22H17NO2/c24-22-20(12-16-6-2-1-3-7-16)14-21(15-23(22)25)19-11-10-17-8-4-5-9-18(17)13-19/h1-11,13-15,25H,12H2. The first-order valence-electron chi connectivity index (χ1n) is 8.19. The van der Waals surface area contributed by atoms with E-state index in [4.69, 9.17) is 0 Å². The van der Waals surface area contributed by atoms with Gasteiger partial charge in [-0.15, -0.1) is 0 Å². The molecule has 0 spiro atoms. The fraction of sp³-hybridized carbons (Fsp3) is 0.0455. The van der Waals surface area contributed by atoms with Crippen molar-refractivity contribution in [2.45, 2.75) is 6.42 Å². The monoisotopic (exact) mass is 327 g/mol. The summed E-state index contributed by atoms with van der Waals surface area (Å²) in [6.45, 7) is 0. The van der Waals surface area contributed by atoms with E-state index in [0.717, 1.165) is 27.5 Å². The molecule has 25 heavy (non-hydrogen) atoms. The van der Waals surface area contributed by atoms with Crippen molar-refractivity contribution in [3.8, 4) is 11.1 Å². The van der Waals surface area contributed by atoms with Gasteiger partial charge in [0.25, 0.3) is 5.56 Å². The zero-order valence-electron chi connectivity index (χ0n) is 13.6. The highest BCUT2D eigenvalue weighted by Gasteiger charge is 2.09. The summed E-state index contributed by atoms with van der Waals surface area (Å²) in [4.78, 5) is 12.3. The van der Waals surface area contributed by atoms with Crippen molar-refractivity contribution < 1.29 is 5.21 Å². The van der Waals surface area contributed by atoms with E-state index in [1.54, 1.807) is 0 Å². The molecular weight excluding hydrogens is 310 g/mol. The minimum atomic E-state index is -0.381. The molecule has 0 bridgehead atoms. The molecule has 0 saturated heterocycles. The molecule has 0 aliphatic carbocycles. The topological polar surface area (TPSA) is 42.2 Å². The van der Waals surface area contributed by atoms with Crippen LogP contribution in [0.25, 0.3) is 21.9 Å². The number of rotatable bonds is 3. The Bertz CT molecular complexity index is 1100. The van der Waals surface area contributed by atoms with Crippen LogP contribution in [0.1, 0.15) is 11.1 Å². The molecule has 0 saturated carbocycles. The summed E-state index contributed by atoms with van der Waals surface area (Å²) < 4.78 is 0.683. The van der Waals surface area contributed by atoms with E-state index in [1.807, 2.05) is 60.7 Å². The maximum absolute atomic E-state index is 12.3. The second-order valence-corrected chi connectivity index (χ2v) is 6.13. The van der Waals surface area contributed by atoms with Crippen LogP contribution < -0.4 is 5.56 Å². The van der Waals surface area contributed by atoms with Crippen molar-refractivity contribution in [3.63, 3.8) is 0 Å². The Morgan fingerprint density at radius 3 is 2.28 bits per heavy atom. The summed E-state index contributed by atoms with van der Waals surface area (Å²) in [6, 6.07) is 25.9. The van der Waals surface area contributed by atoms with Crippen LogP contribution in [0, 0.1) is 0 Å². The summed E-state index contributed by atoms with van der Waals surface area (Å²) in [6.07, 6.45) is 1.96. The zero-order chi connectivity index (χ0) is 17.2. The van der Waals surface area contributed by atoms with Gasteiger partial charge >= 0.3 is 0 Å². The van der Waals surface area contributed by atoms with Gasteiger partial charge in [-0.05, 0) is 34.0 Å². The third-order valence-corrected chi connectivity index (χ3v) is 4.39. The molecule has 0 unspecified atom stereocenters. The molecule has 0 amide bonds. The zero-order valence-corrected chi connectivity index (χ0v) is 13.6. The normalized spacial score (nSPS) is 10.9. The molecule has 0 aliphatic heterocycles. The quantitative estimate of drug-likeness (QED) is 0.563. The molecule has 1 heterocycles. The van der Waals surface area contributed by atoms with Crippen LogP contribution in [-0.2, 0) is 6.42 Å². The van der Waals surface area contributed by atoms with E-state index in [-0.39, 0.29) is 5.56 Å². The number of aromatic nitrogens is 1. The first kappa shape index (κ1) is 15.2. The van der Waals surface area contributed by atoms with E-state index in [2.05, 4.69) is 18.2 Å². The summed E-state index contributed by atoms with van der Waals surface area (Å²) in [5, 5.41) is 12.3. The van der Waals surface area contributed by atoms with Crippen molar-refractivity contribution >= 4 is 10.8 Å². The van der Waals surface area contributed by atoms with Crippen LogP contribution in [-0.4, -0.2) is 9.94 Å². The lowest BCUT2D eigenvalue weighted by molar-refractivity contribution is 0.174. The van der Waals surface area contributed by atoms with Gasteiger partial charge in [-0.25, -0.2) is 0 Å². The average molecular weight is 327 g/mol. The lowest BCUT2D eigenvalue weighted by atomic mass is 9.99. The van der Waals surface area contributed by atoms with E-state index in [1.165, 1.54) is 6.20 Å². The third-order valence-electron chi connectivity index (χ3n) is 4.39. The molecule has 3 aromatic carbocycles. The second kappa shape index (κ2) is 6.29. The average Bonchev–Trinajstić information content (AvgIpc) is 2.65. The molecule has 0 atom stereocenters. The molecule has 1 aromatic heterocycles. The number of nitrogens with zero attached hydrogens (tertiary/aromatic N) is 1. The SMILES string of the molecule is O=c1c(Cc2ccccc2)cc(-c2ccc3ccccc3c2)cn1O. The van der Waals surface area contributed by atoms with Gasteiger partial charge in [-0.1, -0.05) is 66.7 Å². The van der Waals surface area contributed by atoms with Crippen molar-refractivity contribution in [2.24, 2.45) is 0 Å². The Morgan fingerprint density at radius 2 is 1.48 bits per heavy atom. The van der Waals surface area contributed by atoms with E-state index in [0.29, 0.717) is 16.7 Å². The minimum Gasteiger partial charge on any atom is -0.425 e. The Labute approximate surface area is 145 Å². The Hall–Kier alpha value is -3.33. The smallest absolute Gasteiger partial charge is 0.286 e. The van der Waals surface area contributed by atoms with Crippen LogP contribution in [0.3, 0.4) is 0 Å². The maximum atomic E-state index is 12.3. The number of hydrogen-bond donors (Lipinski definition) is 1. The fourth-order valence-corrected chi connectivity index (χ4v) is 3.09. The highest BCUT2D eigenvalue weighted by molar-refractivity contribution is 5.87. The second-order valence-electron chi connectivity index (χ2n) is 6.13. The lowest BCUT2D eigenvalue weighted by Gasteiger charge is -2.09. The lowest BCUT2D eigenvalue weighted by Crippen LogP contribution is -2.21. The van der Waals surface area contributed by atoms with Crippen molar-refractivity contribution in [1.29, 1.82) is 0 Å². The predicted octanol–water partition coefficient (Wildman–Crippen LogP) is 4.50. The number of fused-ring (bicyclic) bond motifs is 1. The Kier molecular flexibility index (Phi) is 3.82. The van der Waals surface area contributed by atoms with Crippen molar-refractivity contribution in [2.75, 3.05) is 0 Å². The molecule has 1 N–H and O–H groups in total. The van der Waals surface area contributed by atoms with Crippen LogP contribution in [0.15, 0.2) is 89.9 Å². The van der Waals surface area contributed by atoms with Gasteiger partial charge < -0.3 is 5.21 Å². The summed E-state index contributed by atoms with van der Waals surface area (Å²) in [5.41, 5.74) is 3.01. The van der Waals surface area contributed by atoms with Gasteiger partial charge in [0.15, 0.2) is 0 Å². The molecule has 4 aromatic rings. The van der Waals surface area contributed by atoms with Crippen LogP contribution in [0.2, 0.25) is 0 Å². The first-order chi connectivity index (χ1) is 12.2. The van der Waals surface area contributed by atoms with E-state index < -0.39 is 0 Å². The molecule has 3 nitrogen and oxygen atoms in total. The molecule has 122 valence electrons. The van der Waals surface area contributed by atoms with Crippen molar-refractivity contribution in [3.05, 3.63) is 107 Å². The Balaban J connectivity index is 1.80. The van der Waals surface area contributed by atoms with Crippen molar-refractivity contribution in [1.82, 2.24) is 4.73 Å². The van der Waals surface area contributed by atoms with Crippen LogP contribution in [0.5, 0.6) is 0 Å². The van der Waals surface area contributed by atoms with Gasteiger partial charge in [0.05, 0.1) is 6.20 Å².